The number of hydrogen-bond acceptors (Lipinski definition) is 4. The van der Waals surface area contributed by atoms with Gasteiger partial charge in [0.05, 0.1) is 31.4 Å². The summed E-state index contributed by atoms with van der Waals surface area (Å²) in [4.78, 5) is 15.7. The van der Waals surface area contributed by atoms with Crippen LogP contribution in [0.3, 0.4) is 0 Å². The fourth-order valence-corrected chi connectivity index (χ4v) is 3.91. The third-order valence-electron chi connectivity index (χ3n) is 4.47. The normalized spacial score (nSPS) is 17.1. The molecule has 0 bridgehead atoms. The number of rotatable bonds is 6. The van der Waals surface area contributed by atoms with Crippen molar-refractivity contribution in [2.75, 3.05) is 0 Å². The quantitative estimate of drug-likeness (QED) is 0.870. The minimum absolute atomic E-state index is 0.000741. The molecule has 5 heteroatoms. The maximum atomic E-state index is 12.8. The highest BCUT2D eigenvalue weighted by molar-refractivity contribution is 7.09. The fourth-order valence-electron chi connectivity index (χ4n) is 3.19. The van der Waals surface area contributed by atoms with Crippen LogP contribution in [-0.4, -0.2) is 21.5 Å². The molecule has 0 unspecified atom stereocenters. The van der Waals surface area contributed by atoms with Crippen LogP contribution in [0.1, 0.15) is 49.2 Å². The lowest BCUT2D eigenvalue weighted by Crippen LogP contribution is -2.40. The van der Waals surface area contributed by atoms with Gasteiger partial charge in [-0.2, -0.15) is 0 Å². The molecule has 0 aromatic carbocycles. The third kappa shape index (κ3) is 4.45. The Balaban J connectivity index is 1.69. The van der Waals surface area contributed by atoms with Gasteiger partial charge in [0, 0.05) is 4.88 Å². The average molecular weight is 333 g/mol. The van der Waals surface area contributed by atoms with E-state index in [0.29, 0.717) is 13.1 Å². The zero-order valence-corrected chi connectivity index (χ0v) is 14.1. The molecule has 0 aliphatic heterocycles. The van der Waals surface area contributed by atoms with E-state index in [-0.39, 0.29) is 12.3 Å². The Morgan fingerprint density at radius 1 is 1.22 bits per heavy atom. The first-order chi connectivity index (χ1) is 11.1. The number of carbonyl (C=O) groups is 1. The van der Waals surface area contributed by atoms with E-state index in [1.807, 2.05) is 29.6 Å². The van der Waals surface area contributed by atoms with E-state index >= 15 is 0 Å². The van der Waals surface area contributed by atoms with Crippen LogP contribution in [0.25, 0.3) is 0 Å². The van der Waals surface area contributed by atoms with Crippen LogP contribution in [-0.2, 0) is 17.9 Å². The average Bonchev–Trinajstić information content (AvgIpc) is 3.20. The fraction of sp³-hybridized carbons (Fsp3) is 0.500. The Labute approximate surface area is 140 Å². The highest BCUT2D eigenvalue weighted by Gasteiger charge is 2.33. The second kappa shape index (κ2) is 7.32. The summed E-state index contributed by atoms with van der Waals surface area (Å²) in [5, 5.41) is 12.7. The van der Waals surface area contributed by atoms with Gasteiger partial charge in [0.2, 0.25) is 5.91 Å². The first-order valence-corrected chi connectivity index (χ1v) is 9.08. The summed E-state index contributed by atoms with van der Waals surface area (Å²) in [6.45, 7) is 1.01. The standard InChI is InChI=1S/C18H23NO3S/c20-17(12-18(21)8-2-1-3-9-18)19(13-15-6-4-10-22-15)14-16-7-5-11-23-16/h4-7,10-11,21H,1-3,8-9,12-14H2. The topological polar surface area (TPSA) is 53.7 Å². The number of hydrogen-bond donors (Lipinski definition) is 1. The molecule has 2 heterocycles. The van der Waals surface area contributed by atoms with Crippen molar-refractivity contribution in [3.63, 3.8) is 0 Å². The molecule has 3 rings (SSSR count). The van der Waals surface area contributed by atoms with Gasteiger partial charge in [-0.25, -0.2) is 0 Å². The Morgan fingerprint density at radius 2 is 2.04 bits per heavy atom. The van der Waals surface area contributed by atoms with Crippen LogP contribution in [0.4, 0.5) is 0 Å². The van der Waals surface area contributed by atoms with Crippen LogP contribution in [0.5, 0.6) is 0 Å². The van der Waals surface area contributed by atoms with Gasteiger partial charge in [0.1, 0.15) is 5.76 Å². The third-order valence-corrected chi connectivity index (χ3v) is 5.33. The molecule has 1 fully saturated rings. The Morgan fingerprint density at radius 3 is 2.70 bits per heavy atom. The summed E-state index contributed by atoms with van der Waals surface area (Å²) in [5.41, 5.74) is -0.827. The van der Waals surface area contributed by atoms with Gasteiger partial charge in [0.25, 0.3) is 0 Å². The van der Waals surface area contributed by atoms with Crippen molar-refractivity contribution in [1.29, 1.82) is 0 Å². The monoisotopic (exact) mass is 333 g/mol. The highest BCUT2D eigenvalue weighted by atomic mass is 32.1. The van der Waals surface area contributed by atoms with E-state index in [1.165, 1.54) is 0 Å². The summed E-state index contributed by atoms with van der Waals surface area (Å²) in [5.74, 6) is 0.768. The lowest BCUT2D eigenvalue weighted by atomic mass is 9.82. The van der Waals surface area contributed by atoms with Crippen LogP contribution in [0, 0.1) is 0 Å². The molecular formula is C18H23NO3S. The molecule has 0 saturated heterocycles. The predicted octanol–water partition coefficient (Wildman–Crippen LogP) is 3.96. The lowest BCUT2D eigenvalue weighted by molar-refractivity contribution is -0.139. The van der Waals surface area contributed by atoms with E-state index in [1.54, 1.807) is 22.5 Å². The van der Waals surface area contributed by atoms with Gasteiger partial charge in [0.15, 0.2) is 0 Å². The van der Waals surface area contributed by atoms with Gasteiger partial charge in [-0.05, 0) is 36.4 Å². The molecule has 1 N–H and O–H groups in total. The summed E-state index contributed by atoms with van der Waals surface area (Å²) >= 11 is 1.64. The van der Waals surface area contributed by atoms with Crippen molar-refractivity contribution in [3.8, 4) is 0 Å². The number of nitrogens with zero attached hydrogens (tertiary/aromatic N) is 1. The minimum Gasteiger partial charge on any atom is -0.467 e. The van der Waals surface area contributed by atoms with Gasteiger partial charge in [-0.1, -0.05) is 25.3 Å². The van der Waals surface area contributed by atoms with Gasteiger partial charge < -0.3 is 14.4 Å². The number of aliphatic hydroxyl groups is 1. The molecule has 1 aliphatic rings. The number of carbonyl (C=O) groups excluding carboxylic acids is 1. The maximum absolute atomic E-state index is 12.8. The summed E-state index contributed by atoms with van der Waals surface area (Å²) < 4.78 is 5.40. The first-order valence-electron chi connectivity index (χ1n) is 8.20. The zero-order chi connectivity index (χ0) is 16.1. The number of furan rings is 1. The summed E-state index contributed by atoms with van der Waals surface area (Å²) in [7, 11) is 0. The van der Waals surface area contributed by atoms with E-state index < -0.39 is 5.60 Å². The second-order valence-electron chi connectivity index (χ2n) is 6.37. The zero-order valence-electron chi connectivity index (χ0n) is 13.2. The minimum atomic E-state index is -0.827. The number of amides is 1. The van der Waals surface area contributed by atoms with Crippen LogP contribution in [0.15, 0.2) is 40.3 Å². The number of thiophene rings is 1. The molecule has 4 nitrogen and oxygen atoms in total. The summed E-state index contributed by atoms with van der Waals surface area (Å²) in [6.07, 6.45) is 6.46. The van der Waals surface area contributed by atoms with E-state index in [2.05, 4.69) is 0 Å². The maximum Gasteiger partial charge on any atom is 0.226 e. The predicted molar refractivity (Wildman–Crippen MR) is 89.9 cm³/mol. The molecule has 0 atom stereocenters. The Hall–Kier alpha value is -1.59. The van der Waals surface area contributed by atoms with Crippen LogP contribution >= 0.6 is 11.3 Å². The molecule has 2 aromatic heterocycles. The SMILES string of the molecule is O=C(CC1(O)CCCCC1)N(Cc1ccco1)Cc1cccs1. The van der Waals surface area contributed by atoms with Crippen molar-refractivity contribution in [2.24, 2.45) is 0 Å². The molecule has 124 valence electrons. The van der Waals surface area contributed by atoms with Gasteiger partial charge in [-0.3, -0.25) is 4.79 Å². The van der Waals surface area contributed by atoms with Crippen molar-refractivity contribution in [3.05, 3.63) is 46.5 Å². The molecular weight excluding hydrogens is 310 g/mol. The molecule has 0 spiro atoms. The van der Waals surface area contributed by atoms with Crippen molar-refractivity contribution >= 4 is 17.2 Å². The highest BCUT2D eigenvalue weighted by Crippen LogP contribution is 2.32. The molecule has 23 heavy (non-hydrogen) atoms. The molecule has 0 radical (unpaired) electrons. The smallest absolute Gasteiger partial charge is 0.226 e. The van der Waals surface area contributed by atoms with Crippen molar-refractivity contribution < 1.29 is 14.3 Å². The Bertz CT molecular complexity index is 564. The van der Waals surface area contributed by atoms with E-state index in [4.69, 9.17) is 4.42 Å². The molecule has 1 aliphatic carbocycles. The van der Waals surface area contributed by atoms with Crippen LogP contribution < -0.4 is 0 Å². The molecule has 1 amide bonds. The summed E-state index contributed by atoms with van der Waals surface area (Å²) in [6, 6.07) is 7.73. The lowest BCUT2D eigenvalue weighted by Gasteiger charge is -2.33. The van der Waals surface area contributed by atoms with Crippen molar-refractivity contribution in [2.45, 2.75) is 57.2 Å². The molecule has 1 saturated carbocycles. The first kappa shape index (κ1) is 16.3. The van der Waals surface area contributed by atoms with Gasteiger partial charge in [-0.15, -0.1) is 11.3 Å². The Kier molecular flexibility index (Phi) is 5.18. The largest absolute Gasteiger partial charge is 0.467 e. The van der Waals surface area contributed by atoms with Crippen molar-refractivity contribution in [1.82, 2.24) is 4.90 Å². The van der Waals surface area contributed by atoms with Gasteiger partial charge >= 0.3 is 0 Å². The second-order valence-corrected chi connectivity index (χ2v) is 7.40. The van der Waals surface area contributed by atoms with E-state index in [0.717, 1.165) is 42.7 Å². The van der Waals surface area contributed by atoms with E-state index in [9.17, 15) is 9.90 Å². The molecule has 2 aromatic rings. The van der Waals surface area contributed by atoms with Crippen LogP contribution in [0.2, 0.25) is 0 Å².